The number of quaternary nitrogens is 1. The fourth-order valence-corrected chi connectivity index (χ4v) is 3.36. The molecule has 4 nitrogen and oxygen atoms in total. The zero-order chi connectivity index (χ0) is 18.4. The number of rotatable bonds is 5. The van der Waals surface area contributed by atoms with Gasteiger partial charge in [-0.05, 0) is 48.0 Å². The van der Waals surface area contributed by atoms with E-state index in [4.69, 9.17) is 4.74 Å². The van der Waals surface area contributed by atoms with Gasteiger partial charge in [-0.15, -0.1) is 0 Å². The van der Waals surface area contributed by atoms with Crippen LogP contribution in [0.1, 0.15) is 11.1 Å². The maximum atomic E-state index is 12.4. The fourth-order valence-electron chi connectivity index (χ4n) is 3.10. The molecular weight excluding hydrogens is 392 g/mol. The minimum absolute atomic E-state index is 0.0939. The normalized spacial score (nSPS) is 15.4. The molecule has 2 aromatic rings. The predicted octanol–water partition coefficient (Wildman–Crippen LogP) is 2.40. The van der Waals surface area contributed by atoms with Gasteiger partial charge in [0.1, 0.15) is 12.3 Å². The molecule has 0 aromatic heterocycles. The van der Waals surface area contributed by atoms with Crippen molar-refractivity contribution in [2.45, 2.75) is 6.54 Å². The van der Waals surface area contributed by atoms with Crippen LogP contribution in [0.5, 0.6) is 5.75 Å². The molecule has 26 heavy (non-hydrogen) atoms. The molecule has 1 aliphatic heterocycles. The molecule has 0 radical (unpaired) electrons. The van der Waals surface area contributed by atoms with E-state index in [-0.39, 0.29) is 5.91 Å². The Morgan fingerprint density at radius 1 is 1.12 bits per heavy atom. The van der Waals surface area contributed by atoms with Crippen LogP contribution in [0.4, 0.5) is 0 Å². The molecule has 1 saturated heterocycles. The van der Waals surface area contributed by atoms with Crippen LogP contribution in [0.3, 0.4) is 0 Å². The Balaban J connectivity index is 1.47. The number of halogens is 1. The summed E-state index contributed by atoms with van der Waals surface area (Å²) in [6, 6.07) is 16.2. The quantitative estimate of drug-likeness (QED) is 0.760. The summed E-state index contributed by atoms with van der Waals surface area (Å²) in [5, 5.41) is 0. The summed E-state index contributed by atoms with van der Waals surface area (Å²) in [6.07, 6.45) is 3.56. The summed E-state index contributed by atoms with van der Waals surface area (Å²) in [7, 11) is 1.68. The fraction of sp³-hybridized carbons (Fsp3) is 0.286. The van der Waals surface area contributed by atoms with Crippen LogP contribution in [-0.2, 0) is 11.3 Å². The first kappa shape index (κ1) is 18.7. The van der Waals surface area contributed by atoms with Crippen LogP contribution in [0.15, 0.2) is 59.1 Å². The lowest BCUT2D eigenvalue weighted by atomic mass is 10.2. The minimum Gasteiger partial charge on any atom is -0.497 e. The van der Waals surface area contributed by atoms with Crippen LogP contribution in [0.2, 0.25) is 0 Å². The van der Waals surface area contributed by atoms with Gasteiger partial charge < -0.3 is 14.5 Å². The van der Waals surface area contributed by atoms with Gasteiger partial charge in [-0.1, -0.05) is 28.1 Å². The van der Waals surface area contributed by atoms with Crippen molar-refractivity contribution in [3.05, 3.63) is 70.2 Å². The number of ether oxygens (including phenoxy) is 1. The lowest BCUT2D eigenvalue weighted by Gasteiger charge is -2.31. The summed E-state index contributed by atoms with van der Waals surface area (Å²) in [6.45, 7) is 4.54. The smallest absolute Gasteiger partial charge is 0.246 e. The minimum atomic E-state index is 0.0939. The van der Waals surface area contributed by atoms with E-state index in [1.807, 2.05) is 47.4 Å². The number of methoxy groups -OCH3 is 1. The van der Waals surface area contributed by atoms with Crippen molar-refractivity contribution < 1.29 is 14.4 Å². The summed E-state index contributed by atoms with van der Waals surface area (Å²) in [5.41, 5.74) is 2.33. The molecule has 1 N–H and O–H groups in total. The maximum Gasteiger partial charge on any atom is 0.246 e. The SMILES string of the molecule is COc1ccc(C[NH+]2CCN(C(=O)/C=C/c3ccc(Br)cc3)CC2)cc1. The van der Waals surface area contributed by atoms with E-state index in [2.05, 4.69) is 28.1 Å². The van der Waals surface area contributed by atoms with Crippen LogP contribution < -0.4 is 9.64 Å². The number of piperazine rings is 1. The lowest BCUT2D eigenvalue weighted by Crippen LogP contribution is -3.13. The van der Waals surface area contributed by atoms with Gasteiger partial charge in [0.05, 0.1) is 33.3 Å². The van der Waals surface area contributed by atoms with Crippen LogP contribution in [-0.4, -0.2) is 44.1 Å². The first-order chi connectivity index (χ1) is 12.6. The molecule has 136 valence electrons. The van der Waals surface area contributed by atoms with E-state index in [1.54, 1.807) is 13.2 Å². The first-order valence-electron chi connectivity index (χ1n) is 8.83. The Hall–Kier alpha value is -2.11. The van der Waals surface area contributed by atoms with Crippen molar-refractivity contribution in [1.82, 2.24) is 4.90 Å². The lowest BCUT2D eigenvalue weighted by molar-refractivity contribution is -0.917. The van der Waals surface area contributed by atoms with E-state index < -0.39 is 0 Å². The van der Waals surface area contributed by atoms with Crippen molar-refractivity contribution in [3.8, 4) is 5.75 Å². The van der Waals surface area contributed by atoms with Crippen molar-refractivity contribution in [1.29, 1.82) is 0 Å². The first-order valence-corrected chi connectivity index (χ1v) is 9.62. The van der Waals surface area contributed by atoms with Gasteiger partial charge in [-0.3, -0.25) is 4.79 Å². The molecular formula is C21H24BrN2O2+. The molecule has 5 heteroatoms. The van der Waals surface area contributed by atoms with Crippen molar-refractivity contribution in [2.75, 3.05) is 33.3 Å². The molecule has 2 aromatic carbocycles. The number of amides is 1. The van der Waals surface area contributed by atoms with E-state index in [1.165, 1.54) is 10.5 Å². The zero-order valence-corrected chi connectivity index (χ0v) is 16.5. The number of hydrogen-bond donors (Lipinski definition) is 1. The highest BCUT2D eigenvalue weighted by atomic mass is 79.9. The molecule has 0 spiro atoms. The Bertz CT molecular complexity index is 749. The van der Waals surface area contributed by atoms with Gasteiger partial charge >= 0.3 is 0 Å². The van der Waals surface area contributed by atoms with Crippen molar-refractivity contribution in [3.63, 3.8) is 0 Å². The second-order valence-corrected chi connectivity index (χ2v) is 7.40. The summed E-state index contributed by atoms with van der Waals surface area (Å²) in [4.78, 5) is 15.8. The van der Waals surface area contributed by atoms with Crippen LogP contribution in [0.25, 0.3) is 6.08 Å². The standard InChI is InChI=1S/C21H23BrN2O2/c1-26-20-9-4-18(5-10-20)16-23-12-14-24(15-13-23)21(25)11-6-17-2-7-19(22)8-3-17/h2-11H,12-16H2,1H3/p+1/b11-6+. The van der Waals surface area contributed by atoms with E-state index in [9.17, 15) is 4.79 Å². The van der Waals surface area contributed by atoms with Crippen LogP contribution in [0, 0.1) is 0 Å². The highest BCUT2D eigenvalue weighted by molar-refractivity contribution is 9.10. The highest BCUT2D eigenvalue weighted by Gasteiger charge is 2.22. The molecule has 3 rings (SSSR count). The average molecular weight is 416 g/mol. The Morgan fingerprint density at radius 2 is 1.77 bits per heavy atom. The van der Waals surface area contributed by atoms with Gasteiger partial charge in [0, 0.05) is 16.1 Å². The largest absolute Gasteiger partial charge is 0.497 e. The Kier molecular flexibility index (Phi) is 6.47. The molecule has 0 bridgehead atoms. The van der Waals surface area contributed by atoms with E-state index in [0.29, 0.717) is 0 Å². The topological polar surface area (TPSA) is 34.0 Å². The molecule has 1 fully saturated rings. The molecule has 0 aliphatic carbocycles. The second-order valence-electron chi connectivity index (χ2n) is 6.49. The molecule has 1 heterocycles. The third-order valence-electron chi connectivity index (χ3n) is 4.68. The van der Waals surface area contributed by atoms with E-state index in [0.717, 1.165) is 48.5 Å². The van der Waals surface area contributed by atoms with Crippen molar-refractivity contribution in [2.24, 2.45) is 0 Å². The van der Waals surface area contributed by atoms with Gasteiger partial charge in [-0.2, -0.15) is 0 Å². The van der Waals surface area contributed by atoms with Gasteiger partial charge in [0.25, 0.3) is 0 Å². The monoisotopic (exact) mass is 415 g/mol. The van der Waals surface area contributed by atoms with Crippen molar-refractivity contribution >= 4 is 27.9 Å². The highest BCUT2D eigenvalue weighted by Crippen LogP contribution is 2.12. The number of nitrogens with one attached hydrogen (secondary N) is 1. The van der Waals surface area contributed by atoms with Gasteiger partial charge in [0.2, 0.25) is 5.91 Å². The summed E-state index contributed by atoms with van der Waals surface area (Å²) < 4.78 is 6.24. The summed E-state index contributed by atoms with van der Waals surface area (Å²) >= 11 is 3.42. The van der Waals surface area contributed by atoms with Gasteiger partial charge in [0.15, 0.2) is 0 Å². The van der Waals surface area contributed by atoms with Crippen LogP contribution >= 0.6 is 15.9 Å². The zero-order valence-electron chi connectivity index (χ0n) is 15.0. The summed E-state index contributed by atoms with van der Waals surface area (Å²) in [5.74, 6) is 0.980. The Labute approximate surface area is 163 Å². The average Bonchev–Trinajstić information content (AvgIpc) is 2.68. The third-order valence-corrected chi connectivity index (χ3v) is 5.21. The second kappa shape index (κ2) is 9.01. The van der Waals surface area contributed by atoms with Gasteiger partial charge in [-0.25, -0.2) is 0 Å². The third kappa shape index (κ3) is 5.19. The molecule has 0 saturated carbocycles. The number of carbonyl (C=O) groups is 1. The molecule has 1 amide bonds. The number of carbonyl (C=O) groups excluding carboxylic acids is 1. The predicted molar refractivity (Wildman–Crippen MR) is 107 cm³/mol. The number of nitrogens with zero attached hydrogens (tertiary/aromatic N) is 1. The number of hydrogen-bond acceptors (Lipinski definition) is 2. The molecule has 0 atom stereocenters. The Morgan fingerprint density at radius 3 is 2.38 bits per heavy atom. The maximum absolute atomic E-state index is 12.4. The van der Waals surface area contributed by atoms with E-state index >= 15 is 0 Å². The number of benzene rings is 2. The molecule has 0 unspecified atom stereocenters. The molecule has 1 aliphatic rings.